The molecule has 0 fully saturated rings. The van der Waals surface area contributed by atoms with Crippen molar-refractivity contribution in [3.63, 3.8) is 0 Å². The zero-order valence-electron chi connectivity index (χ0n) is 15.2. The highest BCUT2D eigenvalue weighted by Gasteiger charge is 2.06. The van der Waals surface area contributed by atoms with Crippen molar-refractivity contribution in [2.45, 2.75) is 80.6 Å². The average Bonchev–Trinajstić information content (AvgIpc) is 2.49. The molecule has 0 saturated heterocycles. The highest BCUT2D eigenvalue weighted by Crippen LogP contribution is 2.22. The fourth-order valence-electron chi connectivity index (χ4n) is 2.07. The first-order valence-corrected chi connectivity index (χ1v) is 8.51. The summed E-state index contributed by atoms with van der Waals surface area (Å²) in [5, 5.41) is 2.92. The van der Waals surface area contributed by atoms with Crippen LogP contribution in [0.3, 0.4) is 0 Å². The highest BCUT2D eigenvalue weighted by molar-refractivity contribution is 5.89. The molecule has 2 heteroatoms. The third-order valence-electron chi connectivity index (χ3n) is 3.00. The van der Waals surface area contributed by atoms with E-state index >= 15 is 0 Å². The van der Waals surface area contributed by atoms with Crippen LogP contribution in [-0.4, -0.2) is 5.91 Å². The second kappa shape index (κ2) is 15.1. The summed E-state index contributed by atoms with van der Waals surface area (Å²) < 4.78 is 0. The summed E-state index contributed by atoms with van der Waals surface area (Å²) in [4.78, 5) is 11.1. The van der Waals surface area contributed by atoms with E-state index in [0.717, 1.165) is 12.1 Å². The van der Waals surface area contributed by atoms with E-state index in [2.05, 4.69) is 25.2 Å². The minimum Gasteiger partial charge on any atom is -0.326 e. The number of aryl methyl sites for hydroxylation is 1. The predicted octanol–water partition coefficient (Wildman–Crippen LogP) is 6.13. The maximum absolute atomic E-state index is 11.1. The van der Waals surface area contributed by atoms with Crippen molar-refractivity contribution in [3.05, 3.63) is 29.3 Å². The predicted molar refractivity (Wildman–Crippen MR) is 96.0 cm³/mol. The van der Waals surface area contributed by atoms with Gasteiger partial charge in [-0.3, -0.25) is 4.79 Å². The molecule has 1 rings (SSSR count). The van der Waals surface area contributed by atoms with Gasteiger partial charge in [0.1, 0.15) is 0 Å². The lowest BCUT2D eigenvalue weighted by Gasteiger charge is -2.12. The Kier molecular flexibility index (Phi) is 15.8. The lowest BCUT2D eigenvalue weighted by molar-refractivity contribution is -0.114. The summed E-state index contributed by atoms with van der Waals surface area (Å²) in [6.07, 6.45) is 6.07. The van der Waals surface area contributed by atoms with E-state index in [-0.39, 0.29) is 5.91 Å². The molecule has 0 spiro atoms. The summed E-state index contributed by atoms with van der Waals surface area (Å²) in [7, 11) is 0. The molecule has 1 aromatic rings. The first kappa shape index (κ1) is 22.0. The van der Waals surface area contributed by atoms with Gasteiger partial charge in [-0.25, -0.2) is 0 Å². The Hall–Kier alpha value is -1.31. The Balaban J connectivity index is 0. The molecule has 1 aromatic carbocycles. The van der Waals surface area contributed by atoms with Crippen molar-refractivity contribution < 1.29 is 4.79 Å². The Morgan fingerprint density at radius 2 is 1.67 bits per heavy atom. The highest BCUT2D eigenvalue weighted by atomic mass is 16.1. The van der Waals surface area contributed by atoms with Crippen LogP contribution < -0.4 is 5.32 Å². The van der Waals surface area contributed by atoms with Gasteiger partial charge in [0, 0.05) is 12.6 Å². The van der Waals surface area contributed by atoms with Crippen LogP contribution in [0, 0.1) is 6.92 Å². The van der Waals surface area contributed by atoms with Gasteiger partial charge in [0.2, 0.25) is 5.91 Å². The molecule has 0 atom stereocenters. The molecule has 0 radical (unpaired) electrons. The van der Waals surface area contributed by atoms with Crippen LogP contribution in [-0.2, 0) is 11.2 Å². The number of amides is 1. The Morgan fingerprint density at radius 3 is 2.19 bits per heavy atom. The van der Waals surface area contributed by atoms with E-state index < -0.39 is 0 Å². The standard InChI is InChI=1S/C15H23NO.2C2H6/c1-4-5-6-7-10-14-12(2)9-8-11-15(14)16-13(3)17;2*1-2/h8-9,11H,4-7,10H2,1-3H3,(H,16,17);2*1-2H3. The second-order valence-electron chi connectivity index (χ2n) is 4.59. The third kappa shape index (κ3) is 10.1. The number of anilines is 1. The molecule has 0 aliphatic rings. The summed E-state index contributed by atoms with van der Waals surface area (Å²) in [5.74, 6) is 0.00501. The minimum absolute atomic E-state index is 0.00501. The van der Waals surface area contributed by atoms with E-state index in [1.165, 1.54) is 36.8 Å². The topological polar surface area (TPSA) is 29.1 Å². The first-order valence-electron chi connectivity index (χ1n) is 8.51. The zero-order valence-corrected chi connectivity index (χ0v) is 15.2. The quantitative estimate of drug-likeness (QED) is 0.628. The van der Waals surface area contributed by atoms with Crippen LogP contribution in [0.2, 0.25) is 0 Å². The molecule has 0 aliphatic heterocycles. The van der Waals surface area contributed by atoms with E-state index in [9.17, 15) is 4.79 Å². The number of carbonyl (C=O) groups is 1. The maximum Gasteiger partial charge on any atom is 0.221 e. The number of carbonyl (C=O) groups excluding carboxylic acids is 1. The fraction of sp³-hybridized carbons (Fsp3) is 0.632. The van der Waals surface area contributed by atoms with Gasteiger partial charge in [-0.15, -0.1) is 0 Å². The largest absolute Gasteiger partial charge is 0.326 e. The number of unbranched alkanes of at least 4 members (excludes halogenated alkanes) is 3. The van der Waals surface area contributed by atoms with E-state index in [1.54, 1.807) is 6.92 Å². The number of hydrogen-bond acceptors (Lipinski definition) is 1. The zero-order chi connectivity index (χ0) is 16.7. The molecule has 1 amide bonds. The normalized spacial score (nSPS) is 8.90. The summed E-state index contributed by atoms with van der Waals surface area (Å²) in [6.45, 7) is 13.9. The molecular formula is C19H35NO. The van der Waals surface area contributed by atoms with Crippen molar-refractivity contribution >= 4 is 11.6 Å². The van der Waals surface area contributed by atoms with Gasteiger partial charge < -0.3 is 5.32 Å². The van der Waals surface area contributed by atoms with Crippen molar-refractivity contribution in [2.75, 3.05) is 5.32 Å². The first-order chi connectivity index (χ1) is 10.1. The SMILES string of the molecule is CC.CC.CCCCCCc1c(C)cccc1NC(C)=O. The average molecular weight is 293 g/mol. The number of benzene rings is 1. The number of nitrogens with one attached hydrogen (secondary N) is 1. The minimum atomic E-state index is 0.00501. The molecule has 0 saturated carbocycles. The number of rotatable bonds is 6. The van der Waals surface area contributed by atoms with Crippen LogP contribution in [0.15, 0.2) is 18.2 Å². The van der Waals surface area contributed by atoms with Crippen molar-refractivity contribution in [2.24, 2.45) is 0 Å². The van der Waals surface area contributed by atoms with Crippen LogP contribution in [0.5, 0.6) is 0 Å². The van der Waals surface area contributed by atoms with E-state index in [0.29, 0.717) is 0 Å². The molecule has 21 heavy (non-hydrogen) atoms. The Bertz CT molecular complexity index is 372. The van der Waals surface area contributed by atoms with Crippen LogP contribution in [0.25, 0.3) is 0 Å². The van der Waals surface area contributed by atoms with Crippen LogP contribution >= 0.6 is 0 Å². The lowest BCUT2D eigenvalue weighted by atomic mass is 9.99. The molecule has 0 aromatic heterocycles. The van der Waals surface area contributed by atoms with Crippen molar-refractivity contribution in [3.8, 4) is 0 Å². The van der Waals surface area contributed by atoms with Crippen molar-refractivity contribution in [1.29, 1.82) is 0 Å². The van der Waals surface area contributed by atoms with Gasteiger partial charge in [0.05, 0.1) is 0 Å². The molecule has 0 bridgehead atoms. The fourth-order valence-corrected chi connectivity index (χ4v) is 2.07. The molecule has 122 valence electrons. The molecule has 0 aliphatic carbocycles. The maximum atomic E-state index is 11.1. The van der Waals surface area contributed by atoms with Gasteiger partial charge in [-0.1, -0.05) is 66.0 Å². The monoisotopic (exact) mass is 293 g/mol. The van der Waals surface area contributed by atoms with Gasteiger partial charge in [0.15, 0.2) is 0 Å². The lowest BCUT2D eigenvalue weighted by Crippen LogP contribution is -2.09. The molecule has 0 heterocycles. The molecule has 2 nitrogen and oxygen atoms in total. The number of hydrogen-bond donors (Lipinski definition) is 1. The molecular weight excluding hydrogens is 258 g/mol. The smallest absolute Gasteiger partial charge is 0.221 e. The summed E-state index contributed by atoms with van der Waals surface area (Å²) in [5.41, 5.74) is 3.54. The van der Waals surface area contributed by atoms with Gasteiger partial charge in [-0.05, 0) is 37.0 Å². The van der Waals surface area contributed by atoms with Crippen LogP contribution in [0.4, 0.5) is 5.69 Å². The summed E-state index contributed by atoms with van der Waals surface area (Å²) in [6, 6.07) is 6.10. The van der Waals surface area contributed by atoms with Gasteiger partial charge >= 0.3 is 0 Å². The van der Waals surface area contributed by atoms with E-state index in [4.69, 9.17) is 0 Å². The third-order valence-corrected chi connectivity index (χ3v) is 3.00. The second-order valence-corrected chi connectivity index (χ2v) is 4.59. The van der Waals surface area contributed by atoms with E-state index in [1.807, 2.05) is 39.8 Å². The summed E-state index contributed by atoms with van der Waals surface area (Å²) >= 11 is 0. The van der Waals surface area contributed by atoms with Gasteiger partial charge in [-0.2, -0.15) is 0 Å². The Morgan fingerprint density at radius 1 is 1.05 bits per heavy atom. The van der Waals surface area contributed by atoms with Gasteiger partial charge in [0.25, 0.3) is 0 Å². The van der Waals surface area contributed by atoms with Crippen molar-refractivity contribution in [1.82, 2.24) is 0 Å². The van der Waals surface area contributed by atoms with Crippen LogP contribution in [0.1, 0.15) is 78.4 Å². The Labute approximate surface area is 132 Å². The molecule has 0 unspecified atom stereocenters. The molecule has 1 N–H and O–H groups in total.